The maximum atomic E-state index is 12.0. The molecule has 4 rings (SSSR count). The molecule has 0 N–H and O–H groups in total. The summed E-state index contributed by atoms with van der Waals surface area (Å²) in [6.45, 7) is 6.33. The molecule has 3 aliphatic rings. The average Bonchev–Trinajstić information content (AvgIpc) is 2.46. The summed E-state index contributed by atoms with van der Waals surface area (Å²) < 4.78 is 0. The van der Waals surface area contributed by atoms with E-state index in [0.717, 1.165) is 12.8 Å². The van der Waals surface area contributed by atoms with Gasteiger partial charge in [-0.05, 0) is 39.3 Å². The highest BCUT2D eigenvalue weighted by Crippen LogP contribution is 2.51. The fourth-order valence-corrected chi connectivity index (χ4v) is 4.35. The highest BCUT2D eigenvalue weighted by atomic mass is 16.1. The third kappa shape index (κ3) is 2.26. The first-order valence-corrected chi connectivity index (χ1v) is 7.88. The van der Waals surface area contributed by atoms with Crippen molar-refractivity contribution in [3.63, 3.8) is 0 Å². The predicted molar refractivity (Wildman–Crippen MR) is 86.1 cm³/mol. The third-order valence-electron chi connectivity index (χ3n) is 5.87. The number of carbonyl (C=O) groups excluding carboxylic acids is 1. The number of carbonyl (C=O) groups is 1. The number of Topliss-reactive ketones (excluding diaryl/α,β-unsaturated/α-hetero) is 1. The number of fused-ring (bicyclic) bond motifs is 2. The maximum Gasteiger partial charge on any atom is 0.134 e. The molecule has 0 aromatic heterocycles. The lowest BCUT2D eigenvalue weighted by Gasteiger charge is -2.58. The van der Waals surface area contributed by atoms with Crippen molar-refractivity contribution in [2.24, 2.45) is 11.3 Å². The number of ketones is 1. The van der Waals surface area contributed by atoms with Crippen LogP contribution in [0.4, 0.5) is 0 Å². The average molecular weight is 283 g/mol. The smallest absolute Gasteiger partial charge is 0.134 e. The molecule has 0 spiro atoms. The quantitative estimate of drug-likeness (QED) is 0.792. The molecule has 21 heavy (non-hydrogen) atoms. The Labute approximate surface area is 127 Å². The zero-order valence-electron chi connectivity index (χ0n) is 13.5. The lowest BCUT2D eigenvalue weighted by Crippen LogP contribution is -2.62. The molecule has 2 aliphatic heterocycles. The fraction of sp³-hybridized carbons (Fsp3) is 0.526. The van der Waals surface area contributed by atoms with E-state index in [1.165, 1.54) is 11.1 Å². The van der Waals surface area contributed by atoms with Gasteiger partial charge in [-0.25, -0.2) is 0 Å². The highest BCUT2D eigenvalue weighted by Gasteiger charge is 2.52. The Morgan fingerprint density at radius 1 is 1.33 bits per heavy atom. The lowest BCUT2D eigenvalue weighted by atomic mass is 9.58. The Hall–Kier alpha value is -1.41. The van der Waals surface area contributed by atoms with E-state index in [1.54, 1.807) is 6.92 Å². The van der Waals surface area contributed by atoms with Gasteiger partial charge in [0.05, 0.1) is 0 Å². The van der Waals surface area contributed by atoms with Crippen LogP contribution in [-0.2, 0) is 11.2 Å². The van der Waals surface area contributed by atoms with Crippen molar-refractivity contribution in [2.45, 2.75) is 45.7 Å². The van der Waals surface area contributed by atoms with E-state index in [4.69, 9.17) is 0 Å². The van der Waals surface area contributed by atoms with E-state index in [9.17, 15) is 4.79 Å². The second-order valence-corrected chi connectivity index (χ2v) is 7.05. The van der Waals surface area contributed by atoms with Crippen molar-refractivity contribution in [1.82, 2.24) is 4.90 Å². The Morgan fingerprint density at radius 3 is 2.62 bits per heavy atom. The summed E-state index contributed by atoms with van der Waals surface area (Å²) in [6.07, 6.45) is 4.38. The number of hydrogen-bond donors (Lipinski definition) is 0. The van der Waals surface area contributed by atoms with Gasteiger partial charge in [-0.1, -0.05) is 48.9 Å². The Morgan fingerprint density at radius 2 is 2.00 bits per heavy atom. The minimum Gasteiger partial charge on any atom is -0.300 e. The molecule has 0 amide bonds. The summed E-state index contributed by atoms with van der Waals surface area (Å²) >= 11 is 0. The van der Waals surface area contributed by atoms with Gasteiger partial charge in [0.25, 0.3) is 0 Å². The van der Waals surface area contributed by atoms with E-state index in [1.807, 2.05) is 0 Å². The van der Waals surface area contributed by atoms with Gasteiger partial charge in [0, 0.05) is 23.4 Å². The van der Waals surface area contributed by atoms with Gasteiger partial charge in [-0.2, -0.15) is 0 Å². The van der Waals surface area contributed by atoms with Crippen molar-refractivity contribution in [3.05, 3.63) is 47.5 Å². The zero-order valence-corrected chi connectivity index (χ0v) is 13.5. The van der Waals surface area contributed by atoms with E-state index in [2.05, 4.69) is 62.2 Å². The summed E-state index contributed by atoms with van der Waals surface area (Å²) in [4.78, 5) is 14.4. The van der Waals surface area contributed by atoms with Gasteiger partial charge in [0.2, 0.25) is 0 Å². The number of rotatable bonds is 3. The van der Waals surface area contributed by atoms with Gasteiger partial charge < -0.3 is 0 Å². The summed E-state index contributed by atoms with van der Waals surface area (Å²) in [5.41, 5.74) is 2.95. The van der Waals surface area contributed by atoms with Gasteiger partial charge >= 0.3 is 0 Å². The fourth-order valence-electron chi connectivity index (χ4n) is 4.35. The number of likely N-dealkylation sites (N-methyl/N-ethyl adjacent to an activating group) is 1. The molecule has 1 aromatic rings. The zero-order chi connectivity index (χ0) is 15.2. The van der Waals surface area contributed by atoms with Crippen molar-refractivity contribution >= 4 is 5.78 Å². The second-order valence-electron chi connectivity index (χ2n) is 7.05. The molecular formula is C19H25NO. The number of hydrogen-bond acceptors (Lipinski definition) is 2. The molecule has 1 saturated heterocycles. The van der Waals surface area contributed by atoms with E-state index >= 15 is 0 Å². The van der Waals surface area contributed by atoms with Crippen LogP contribution in [0.2, 0.25) is 0 Å². The van der Waals surface area contributed by atoms with Crippen molar-refractivity contribution in [2.75, 3.05) is 7.05 Å². The molecule has 4 atom stereocenters. The summed E-state index contributed by atoms with van der Waals surface area (Å²) in [5.74, 6) is 0.496. The standard InChI is InChI=1S/C19H25NO/c1-13-10-17-16(14(2)21)12-19(13,3)18(20(17)4)11-15-8-6-5-7-9-15/h5-10,16-18H,11-12H2,1-4H3. The minimum atomic E-state index is 0.107. The van der Waals surface area contributed by atoms with Crippen LogP contribution in [0.1, 0.15) is 32.8 Å². The molecular weight excluding hydrogens is 258 g/mol. The van der Waals surface area contributed by atoms with Crippen LogP contribution < -0.4 is 0 Å². The minimum absolute atomic E-state index is 0.107. The normalized spacial score (nSPS) is 35.6. The van der Waals surface area contributed by atoms with E-state index < -0.39 is 0 Å². The second kappa shape index (κ2) is 5.10. The van der Waals surface area contributed by atoms with Crippen LogP contribution in [0, 0.1) is 11.3 Å². The van der Waals surface area contributed by atoms with Crippen molar-refractivity contribution < 1.29 is 4.79 Å². The third-order valence-corrected chi connectivity index (χ3v) is 5.87. The first-order valence-electron chi connectivity index (χ1n) is 7.88. The van der Waals surface area contributed by atoms with Crippen LogP contribution in [-0.4, -0.2) is 29.8 Å². The maximum absolute atomic E-state index is 12.0. The Balaban J connectivity index is 1.94. The van der Waals surface area contributed by atoms with Crippen LogP contribution in [0.5, 0.6) is 0 Å². The largest absolute Gasteiger partial charge is 0.300 e. The van der Waals surface area contributed by atoms with Crippen LogP contribution in [0.25, 0.3) is 0 Å². The van der Waals surface area contributed by atoms with Gasteiger partial charge in [-0.15, -0.1) is 0 Å². The summed E-state index contributed by atoms with van der Waals surface area (Å²) in [5, 5.41) is 0. The molecule has 0 radical (unpaired) electrons. The molecule has 1 aromatic carbocycles. The first kappa shape index (κ1) is 14.5. The van der Waals surface area contributed by atoms with Gasteiger partial charge in [-0.3, -0.25) is 9.69 Å². The van der Waals surface area contributed by atoms with E-state index in [0.29, 0.717) is 11.8 Å². The molecule has 2 heterocycles. The summed E-state index contributed by atoms with van der Waals surface area (Å²) in [6, 6.07) is 11.5. The van der Waals surface area contributed by atoms with Crippen LogP contribution in [0.15, 0.2) is 42.0 Å². The van der Waals surface area contributed by atoms with Gasteiger partial charge in [0.1, 0.15) is 5.78 Å². The molecule has 112 valence electrons. The molecule has 2 heteroatoms. The Kier molecular flexibility index (Phi) is 3.53. The SMILES string of the molecule is CC(=O)C1CC2(C)C(C)=CC1N(C)C2Cc1ccccc1. The monoisotopic (exact) mass is 283 g/mol. The lowest BCUT2D eigenvalue weighted by molar-refractivity contribution is -0.128. The number of nitrogens with zero attached hydrogens (tertiary/aromatic N) is 1. The molecule has 1 fully saturated rings. The predicted octanol–water partition coefficient (Wildman–Crippen LogP) is 3.47. The molecule has 2 nitrogen and oxygen atoms in total. The summed E-state index contributed by atoms with van der Waals surface area (Å²) in [7, 11) is 2.19. The molecule has 0 saturated carbocycles. The highest BCUT2D eigenvalue weighted by molar-refractivity contribution is 5.80. The van der Waals surface area contributed by atoms with Crippen LogP contribution in [0.3, 0.4) is 0 Å². The topological polar surface area (TPSA) is 20.3 Å². The van der Waals surface area contributed by atoms with Crippen LogP contribution >= 0.6 is 0 Å². The first-order chi connectivity index (χ1) is 9.93. The number of benzene rings is 1. The van der Waals surface area contributed by atoms with Crippen molar-refractivity contribution in [3.8, 4) is 0 Å². The molecule has 2 bridgehead atoms. The van der Waals surface area contributed by atoms with Gasteiger partial charge in [0.15, 0.2) is 0 Å². The number of piperidine rings is 1. The van der Waals surface area contributed by atoms with E-state index in [-0.39, 0.29) is 17.4 Å². The Bertz CT molecular complexity index is 576. The molecule has 1 aliphatic carbocycles. The van der Waals surface area contributed by atoms with Crippen molar-refractivity contribution in [1.29, 1.82) is 0 Å². The molecule has 4 unspecified atom stereocenters.